The first-order valence-corrected chi connectivity index (χ1v) is 5.97. The number of hydrogen-bond acceptors (Lipinski definition) is 3. The van der Waals surface area contributed by atoms with E-state index in [1.807, 2.05) is 0 Å². The third-order valence-corrected chi connectivity index (χ3v) is 2.56. The summed E-state index contributed by atoms with van der Waals surface area (Å²) in [7, 11) is 1.50. The minimum Gasteiger partial charge on any atom is -0.493 e. The van der Waals surface area contributed by atoms with Gasteiger partial charge in [0.15, 0.2) is 11.5 Å². The van der Waals surface area contributed by atoms with Gasteiger partial charge in [-0.1, -0.05) is 24.3 Å². The molecule has 0 heterocycles. The van der Waals surface area contributed by atoms with E-state index in [1.165, 1.54) is 25.3 Å². The SMILES string of the molecule is COc1ccccc1OC(=O)/C=C/c1ccc(F)cc1. The molecule has 2 aromatic rings. The smallest absolute Gasteiger partial charge is 0.336 e. The molecule has 0 radical (unpaired) electrons. The summed E-state index contributed by atoms with van der Waals surface area (Å²) in [6.07, 6.45) is 2.83. The molecule has 0 spiro atoms. The monoisotopic (exact) mass is 272 g/mol. The minimum atomic E-state index is -0.529. The molecule has 0 atom stereocenters. The maximum Gasteiger partial charge on any atom is 0.336 e. The molecule has 0 unspecified atom stereocenters. The highest BCUT2D eigenvalue weighted by Gasteiger charge is 2.06. The molecule has 20 heavy (non-hydrogen) atoms. The summed E-state index contributed by atoms with van der Waals surface area (Å²) in [5.41, 5.74) is 0.711. The van der Waals surface area contributed by atoms with Crippen LogP contribution in [0.2, 0.25) is 0 Å². The molecule has 0 saturated heterocycles. The number of esters is 1. The Morgan fingerprint density at radius 3 is 2.35 bits per heavy atom. The van der Waals surface area contributed by atoms with Gasteiger partial charge >= 0.3 is 5.97 Å². The van der Waals surface area contributed by atoms with Crippen molar-refractivity contribution in [1.29, 1.82) is 0 Å². The van der Waals surface area contributed by atoms with Crippen molar-refractivity contribution >= 4 is 12.0 Å². The number of carbonyl (C=O) groups excluding carboxylic acids is 1. The summed E-state index contributed by atoms with van der Waals surface area (Å²) in [4.78, 5) is 11.7. The molecule has 2 aromatic carbocycles. The van der Waals surface area contributed by atoms with Crippen LogP contribution in [0.3, 0.4) is 0 Å². The second-order valence-electron chi connectivity index (χ2n) is 3.96. The van der Waals surface area contributed by atoms with Crippen molar-refractivity contribution in [3.63, 3.8) is 0 Å². The Morgan fingerprint density at radius 1 is 1.05 bits per heavy atom. The second kappa shape index (κ2) is 6.52. The van der Waals surface area contributed by atoms with Gasteiger partial charge in [0.2, 0.25) is 0 Å². The Bertz CT molecular complexity index is 618. The number of benzene rings is 2. The highest BCUT2D eigenvalue weighted by molar-refractivity contribution is 5.89. The molecular formula is C16H13FO3. The Balaban J connectivity index is 2.03. The Hall–Kier alpha value is -2.62. The normalized spacial score (nSPS) is 10.5. The number of rotatable bonds is 4. The van der Waals surface area contributed by atoms with E-state index in [0.717, 1.165) is 0 Å². The van der Waals surface area contributed by atoms with Crippen LogP contribution in [0.1, 0.15) is 5.56 Å². The fourth-order valence-corrected chi connectivity index (χ4v) is 1.58. The highest BCUT2D eigenvalue weighted by atomic mass is 19.1. The van der Waals surface area contributed by atoms with Crippen molar-refractivity contribution < 1.29 is 18.7 Å². The van der Waals surface area contributed by atoms with E-state index in [2.05, 4.69) is 0 Å². The molecule has 0 amide bonds. The predicted molar refractivity (Wildman–Crippen MR) is 74.1 cm³/mol. The highest BCUT2D eigenvalue weighted by Crippen LogP contribution is 2.25. The number of methoxy groups -OCH3 is 1. The third-order valence-electron chi connectivity index (χ3n) is 2.56. The van der Waals surface area contributed by atoms with Gasteiger partial charge in [-0.3, -0.25) is 0 Å². The zero-order valence-corrected chi connectivity index (χ0v) is 10.9. The molecule has 0 aromatic heterocycles. The Labute approximate surface area is 116 Å². The number of para-hydroxylation sites is 2. The molecule has 0 aliphatic rings. The molecule has 4 heteroatoms. The first kappa shape index (κ1) is 13.8. The largest absolute Gasteiger partial charge is 0.493 e. The zero-order valence-electron chi connectivity index (χ0n) is 10.9. The summed E-state index contributed by atoms with van der Waals surface area (Å²) in [5.74, 6) is -0.0163. The van der Waals surface area contributed by atoms with Gasteiger partial charge in [0.25, 0.3) is 0 Å². The lowest BCUT2D eigenvalue weighted by Gasteiger charge is -2.06. The third kappa shape index (κ3) is 3.68. The second-order valence-corrected chi connectivity index (χ2v) is 3.96. The molecule has 102 valence electrons. The number of hydrogen-bond donors (Lipinski definition) is 0. The van der Waals surface area contributed by atoms with Gasteiger partial charge < -0.3 is 9.47 Å². The minimum absolute atomic E-state index is 0.321. The molecule has 2 rings (SSSR count). The van der Waals surface area contributed by atoms with Crippen molar-refractivity contribution in [2.75, 3.05) is 7.11 Å². The summed E-state index contributed by atoms with van der Waals surface area (Å²) < 4.78 is 23.0. The van der Waals surface area contributed by atoms with Gasteiger partial charge in [-0.15, -0.1) is 0 Å². The lowest BCUT2D eigenvalue weighted by Crippen LogP contribution is -2.04. The molecule has 0 saturated carbocycles. The summed E-state index contributed by atoms with van der Waals surface area (Å²) in [6.45, 7) is 0. The summed E-state index contributed by atoms with van der Waals surface area (Å²) in [5, 5.41) is 0. The van der Waals surface area contributed by atoms with Crippen molar-refractivity contribution in [1.82, 2.24) is 0 Å². The lowest BCUT2D eigenvalue weighted by atomic mass is 10.2. The zero-order chi connectivity index (χ0) is 14.4. The van der Waals surface area contributed by atoms with Crippen LogP contribution in [-0.4, -0.2) is 13.1 Å². The maximum absolute atomic E-state index is 12.7. The van der Waals surface area contributed by atoms with E-state index in [4.69, 9.17) is 9.47 Å². The van der Waals surface area contributed by atoms with Crippen LogP contribution in [-0.2, 0) is 4.79 Å². The van der Waals surface area contributed by atoms with Gasteiger partial charge in [-0.05, 0) is 35.9 Å². The lowest BCUT2D eigenvalue weighted by molar-refractivity contribution is -0.129. The van der Waals surface area contributed by atoms with Crippen LogP contribution in [0.5, 0.6) is 11.5 Å². The average molecular weight is 272 g/mol. The first-order valence-electron chi connectivity index (χ1n) is 5.97. The fraction of sp³-hybridized carbons (Fsp3) is 0.0625. The van der Waals surface area contributed by atoms with Crippen LogP contribution in [0.25, 0.3) is 6.08 Å². The van der Waals surface area contributed by atoms with E-state index in [9.17, 15) is 9.18 Å². The number of ether oxygens (including phenoxy) is 2. The van der Waals surface area contributed by atoms with Crippen molar-refractivity contribution in [3.8, 4) is 11.5 Å². The first-order chi connectivity index (χ1) is 9.69. The van der Waals surface area contributed by atoms with E-state index in [0.29, 0.717) is 17.1 Å². The van der Waals surface area contributed by atoms with E-state index >= 15 is 0 Å². The predicted octanol–water partition coefficient (Wildman–Crippen LogP) is 3.45. The standard InChI is InChI=1S/C16H13FO3/c1-19-14-4-2-3-5-15(14)20-16(18)11-8-12-6-9-13(17)10-7-12/h2-11H,1H3/b11-8+. The van der Waals surface area contributed by atoms with Crippen LogP contribution in [0.4, 0.5) is 4.39 Å². The molecule has 0 N–H and O–H groups in total. The van der Waals surface area contributed by atoms with E-state index < -0.39 is 5.97 Å². The van der Waals surface area contributed by atoms with Crippen LogP contribution < -0.4 is 9.47 Å². The summed E-state index contributed by atoms with van der Waals surface area (Å²) >= 11 is 0. The maximum atomic E-state index is 12.7. The van der Waals surface area contributed by atoms with E-state index in [-0.39, 0.29) is 5.82 Å². The quantitative estimate of drug-likeness (QED) is 0.486. The van der Waals surface area contributed by atoms with Crippen molar-refractivity contribution in [3.05, 3.63) is 66.0 Å². The Morgan fingerprint density at radius 2 is 1.70 bits per heavy atom. The van der Waals surface area contributed by atoms with Gasteiger partial charge in [-0.25, -0.2) is 9.18 Å². The molecule has 0 bridgehead atoms. The Kier molecular flexibility index (Phi) is 4.50. The molecule has 3 nitrogen and oxygen atoms in total. The van der Waals surface area contributed by atoms with Crippen LogP contribution >= 0.6 is 0 Å². The van der Waals surface area contributed by atoms with Gasteiger partial charge in [0.1, 0.15) is 5.82 Å². The van der Waals surface area contributed by atoms with Gasteiger partial charge in [0, 0.05) is 6.08 Å². The molecule has 0 aliphatic heterocycles. The van der Waals surface area contributed by atoms with Gasteiger partial charge in [-0.2, -0.15) is 0 Å². The number of carbonyl (C=O) groups is 1. The van der Waals surface area contributed by atoms with Crippen molar-refractivity contribution in [2.45, 2.75) is 0 Å². The molecule has 0 aliphatic carbocycles. The van der Waals surface area contributed by atoms with Crippen LogP contribution in [0.15, 0.2) is 54.6 Å². The fourth-order valence-electron chi connectivity index (χ4n) is 1.58. The number of halogens is 1. The van der Waals surface area contributed by atoms with Crippen LogP contribution in [0, 0.1) is 5.82 Å². The van der Waals surface area contributed by atoms with E-state index in [1.54, 1.807) is 42.5 Å². The topological polar surface area (TPSA) is 35.5 Å². The molecule has 0 fully saturated rings. The molecular weight excluding hydrogens is 259 g/mol. The summed E-state index contributed by atoms with van der Waals surface area (Å²) in [6, 6.07) is 12.7. The van der Waals surface area contributed by atoms with Gasteiger partial charge in [0.05, 0.1) is 7.11 Å². The van der Waals surface area contributed by atoms with Crippen molar-refractivity contribution in [2.24, 2.45) is 0 Å². The average Bonchev–Trinajstić information content (AvgIpc) is 2.47.